The summed E-state index contributed by atoms with van der Waals surface area (Å²) in [7, 11) is 1.07. The first-order chi connectivity index (χ1) is 18.5. The van der Waals surface area contributed by atoms with E-state index in [1.807, 2.05) is 0 Å². The highest BCUT2D eigenvalue weighted by atomic mass is 16.6. The van der Waals surface area contributed by atoms with E-state index in [4.69, 9.17) is 18.9 Å². The van der Waals surface area contributed by atoms with Gasteiger partial charge in [0.1, 0.15) is 12.2 Å². The maximum absolute atomic E-state index is 13.5. The summed E-state index contributed by atoms with van der Waals surface area (Å²) in [4.78, 5) is 52.8. The Balaban J connectivity index is 1.70. The molecule has 0 amide bonds. The van der Waals surface area contributed by atoms with Crippen LogP contribution in [-0.2, 0) is 38.1 Å². The molecule has 5 aliphatic rings. The fourth-order valence-corrected chi connectivity index (χ4v) is 8.37. The molecule has 2 heterocycles. The SMILES string of the molecule is COC(=O)[C@]12OC[C@]34[C@H]([C@@H](O)[C@@H]1O)[C@@]1(C)CC(=O)C(O)=C(C)[C@@H]1C[C@H]3OC(=O)[C@H](OC(=O)/C=C(\C)C(C)(C)O)[C@@H]24. The summed E-state index contributed by atoms with van der Waals surface area (Å²) < 4.78 is 22.6. The van der Waals surface area contributed by atoms with Crippen molar-refractivity contribution in [1.29, 1.82) is 0 Å². The number of methoxy groups -OCH3 is 1. The first-order valence-electron chi connectivity index (χ1n) is 13.3. The van der Waals surface area contributed by atoms with Crippen LogP contribution in [0, 0.1) is 28.6 Å². The lowest BCUT2D eigenvalue weighted by Gasteiger charge is -2.67. The zero-order chi connectivity index (χ0) is 29.7. The molecule has 12 heteroatoms. The number of hydrogen-bond donors (Lipinski definition) is 4. The molecule has 4 N–H and O–H groups in total. The molecule has 10 atom stereocenters. The Morgan fingerprint density at radius 1 is 1.18 bits per heavy atom. The number of carbonyl (C=O) groups excluding carboxylic acids is 4. The van der Waals surface area contributed by atoms with Crippen LogP contribution >= 0.6 is 0 Å². The van der Waals surface area contributed by atoms with Gasteiger partial charge in [0.05, 0.1) is 31.3 Å². The van der Waals surface area contributed by atoms with Crippen LogP contribution in [0.25, 0.3) is 0 Å². The minimum atomic E-state index is -2.28. The summed E-state index contributed by atoms with van der Waals surface area (Å²) in [5.74, 6) is -6.76. The number of aliphatic hydroxyl groups excluding tert-OH is 3. The third-order valence-electron chi connectivity index (χ3n) is 10.4. The van der Waals surface area contributed by atoms with Gasteiger partial charge in [-0.3, -0.25) is 4.79 Å². The zero-order valence-corrected chi connectivity index (χ0v) is 23.3. The van der Waals surface area contributed by atoms with Crippen molar-refractivity contribution < 1.29 is 58.6 Å². The van der Waals surface area contributed by atoms with Crippen LogP contribution in [0.4, 0.5) is 0 Å². The first kappa shape index (κ1) is 28.7. The molecular formula is C28H36O12. The van der Waals surface area contributed by atoms with Crippen molar-refractivity contribution in [3.63, 3.8) is 0 Å². The lowest BCUT2D eigenvalue weighted by atomic mass is 9.38. The number of Topliss-reactive ketones (excluding diaryl/α,β-unsaturated/α-hetero) is 1. The Bertz CT molecular complexity index is 1240. The zero-order valence-electron chi connectivity index (χ0n) is 23.3. The van der Waals surface area contributed by atoms with Crippen LogP contribution in [-0.4, -0.2) is 93.5 Å². The fraction of sp³-hybridized carbons (Fsp3) is 0.714. The predicted molar refractivity (Wildman–Crippen MR) is 133 cm³/mol. The number of ketones is 1. The molecule has 2 aliphatic heterocycles. The van der Waals surface area contributed by atoms with Crippen molar-refractivity contribution in [2.75, 3.05) is 13.7 Å². The van der Waals surface area contributed by atoms with Crippen molar-refractivity contribution in [2.45, 2.75) is 83.1 Å². The van der Waals surface area contributed by atoms with Crippen LogP contribution in [0.3, 0.4) is 0 Å². The molecule has 220 valence electrons. The van der Waals surface area contributed by atoms with Crippen LogP contribution < -0.4 is 0 Å². The van der Waals surface area contributed by atoms with Gasteiger partial charge in [0.15, 0.2) is 11.5 Å². The van der Waals surface area contributed by atoms with Crippen LogP contribution in [0.5, 0.6) is 0 Å². The fourth-order valence-electron chi connectivity index (χ4n) is 8.37. The van der Waals surface area contributed by atoms with E-state index in [0.29, 0.717) is 5.57 Å². The van der Waals surface area contributed by atoms with Crippen molar-refractivity contribution in [3.05, 3.63) is 23.0 Å². The Hall–Kier alpha value is -2.80. The van der Waals surface area contributed by atoms with E-state index in [9.17, 15) is 39.6 Å². The number of ether oxygens (including phenoxy) is 4. The maximum Gasteiger partial charge on any atom is 0.348 e. The molecule has 40 heavy (non-hydrogen) atoms. The number of allylic oxidation sites excluding steroid dienone is 2. The number of carbonyl (C=O) groups is 4. The minimum Gasteiger partial charge on any atom is -0.504 e. The summed E-state index contributed by atoms with van der Waals surface area (Å²) in [6, 6.07) is 0. The monoisotopic (exact) mass is 564 g/mol. The van der Waals surface area contributed by atoms with Gasteiger partial charge in [-0.15, -0.1) is 0 Å². The molecule has 1 spiro atoms. The second kappa shape index (κ2) is 8.85. The third kappa shape index (κ3) is 3.45. The van der Waals surface area contributed by atoms with Gasteiger partial charge in [-0.1, -0.05) is 6.92 Å². The Labute approximate surface area is 230 Å². The predicted octanol–water partition coefficient (Wildman–Crippen LogP) is 0.268. The van der Waals surface area contributed by atoms with Gasteiger partial charge in [0.2, 0.25) is 11.7 Å². The van der Waals surface area contributed by atoms with Crippen molar-refractivity contribution in [1.82, 2.24) is 0 Å². The minimum absolute atomic E-state index is 0.139. The average Bonchev–Trinajstić information content (AvgIpc) is 3.17. The van der Waals surface area contributed by atoms with Crippen LogP contribution in [0.1, 0.15) is 47.5 Å². The van der Waals surface area contributed by atoms with E-state index in [1.165, 1.54) is 20.8 Å². The highest BCUT2D eigenvalue weighted by Crippen LogP contribution is 2.72. The highest BCUT2D eigenvalue weighted by Gasteiger charge is 2.85. The lowest BCUT2D eigenvalue weighted by molar-refractivity contribution is -0.290. The summed E-state index contributed by atoms with van der Waals surface area (Å²) >= 11 is 0. The standard InChI is InChI=1S/C28H36O12/c1-11(25(3,4)36)7-16(30)40-19-21-27-10-38-28(21,24(35)37-6)22(33)18(32)20(27)26(5)9-14(29)17(31)12(2)13(26)8-15(27)39-23(19)34/h7,13,15,18-22,31-33,36H,8-10H2,1-6H3/b11-7+/t13-,15+,18+,19+,20+,21+,22-,26-,27+,28+/m0/s1. The Morgan fingerprint density at radius 2 is 1.82 bits per heavy atom. The molecule has 0 radical (unpaired) electrons. The Morgan fingerprint density at radius 3 is 2.42 bits per heavy atom. The highest BCUT2D eigenvalue weighted by molar-refractivity contribution is 5.95. The first-order valence-corrected chi connectivity index (χ1v) is 13.3. The maximum atomic E-state index is 13.5. The van der Waals surface area contributed by atoms with Gasteiger partial charge in [-0.2, -0.15) is 0 Å². The average molecular weight is 565 g/mol. The van der Waals surface area contributed by atoms with Crippen molar-refractivity contribution in [2.24, 2.45) is 28.6 Å². The molecule has 0 aromatic carbocycles. The van der Waals surface area contributed by atoms with Gasteiger partial charge in [0.25, 0.3) is 0 Å². The molecule has 2 saturated carbocycles. The Kier molecular flexibility index (Phi) is 6.35. The number of hydrogen-bond acceptors (Lipinski definition) is 12. The summed E-state index contributed by atoms with van der Waals surface area (Å²) in [6.07, 6.45) is -5.28. The molecule has 0 aromatic heterocycles. The van der Waals surface area contributed by atoms with Crippen molar-refractivity contribution in [3.8, 4) is 0 Å². The quantitative estimate of drug-likeness (QED) is 0.208. The molecular weight excluding hydrogens is 528 g/mol. The second-order valence-electron chi connectivity index (χ2n) is 12.7. The molecule has 5 rings (SSSR count). The smallest absolute Gasteiger partial charge is 0.348 e. The molecule has 0 unspecified atom stereocenters. The van der Waals surface area contributed by atoms with E-state index in [0.717, 1.165) is 13.2 Å². The van der Waals surface area contributed by atoms with Gasteiger partial charge >= 0.3 is 17.9 Å². The molecule has 0 aromatic rings. The van der Waals surface area contributed by atoms with Crippen LogP contribution in [0.15, 0.2) is 23.0 Å². The number of fused-ring (bicyclic) bond motifs is 2. The summed E-state index contributed by atoms with van der Waals surface area (Å²) in [5, 5.41) is 44.0. The van der Waals surface area contributed by atoms with E-state index < -0.39 is 87.9 Å². The number of esters is 3. The molecule has 2 saturated heterocycles. The van der Waals surface area contributed by atoms with E-state index in [-0.39, 0.29) is 30.8 Å². The van der Waals surface area contributed by atoms with E-state index in [1.54, 1.807) is 13.8 Å². The van der Waals surface area contributed by atoms with Gasteiger partial charge in [0, 0.05) is 23.8 Å². The van der Waals surface area contributed by atoms with E-state index in [2.05, 4.69) is 0 Å². The molecule has 4 fully saturated rings. The second-order valence-corrected chi connectivity index (χ2v) is 12.7. The topological polar surface area (TPSA) is 186 Å². The van der Waals surface area contributed by atoms with Crippen molar-refractivity contribution >= 4 is 23.7 Å². The third-order valence-corrected chi connectivity index (χ3v) is 10.4. The van der Waals surface area contributed by atoms with Gasteiger partial charge < -0.3 is 39.4 Å². The largest absolute Gasteiger partial charge is 0.504 e. The van der Waals surface area contributed by atoms with Gasteiger partial charge in [-0.25, -0.2) is 14.4 Å². The van der Waals surface area contributed by atoms with Crippen LogP contribution in [0.2, 0.25) is 0 Å². The molecule has 12 nitrogen and oxygen atoms in total. The molecule has 3 aliphatic carbocycles. The van der Waals surface area contributed by atoms with E-state index >= 15 is 0 Å². The number of aliphatic hydroxyl groups is 4. The summed E-state index contributed by atoms with van der Waals surface area (Å²) in [5.41, 5.74) is -5.43. The summed E-state index contributed by atoms with van der Waals surface area (Å²) in [6.45, 7) is 7.54. The lowest BCUT2D eigenvalue weighted by Crippen LogP contribution is -2.79. The normalized spacial score (nSPS) is 44.4. The number of rotatable bonds is 4. The van der Waals surface area contributed by atoms with Gasteiger partial charge in [-0.05, 0) is 56.6 Å². The molecule has 2 bridgehead atoms.